The summed E-state index contributed by atoms with van der Waals surface area (Å²) >= 11 is 5.94. The molecule has 2 aromatic rings. The number of nitrogens with one attached hydrogen (secondary N) is 2. The molecule has 1 saturated heterocycles. The van der Waals surface area contributed by atoms with E-state index in [4.69, 9.17) is 21.1 Å². The summed E-state index contributed by atoms with van der Waals surface area (Å²) in [5.41, 5.74) is 9.12. The third-order valence-electron chi connectivity index (χ3n) is 3.97. The van der Waals surface area contributed by atoms with Crippen LogP contribution in [-0.2, 0) is 0 Å². The summed E-state index contributed by atoms with van der Waals surface area (Å²) < 4.78 is 10.8. The van der Waals surface area contributed by atoms with E-state index in [1.807, 2.05) is 24.3 Å². The van der Waals surface area contributed by atoms with Crippen LogP contribution in [0.1, 0.15) is 29.6 Å². The lowest BCUT2D eigenvalue weighted by Gasteiger charge is -2.11. The topological polar surface area (TPSA) is 42.5 Å². The number of hydrazine groups is 1. The highest BCUT2D eigenvalue weighted by atomic mass is 35.5. The average Bonchev–Trinajstić information content (AvgIpc) is 3.16. The van der Waals surface area contributed by atoms with Crippen molar-refractivity contribution in [2.45, 2.75) is 18.5 Å². The van der Waals surface area contributed by atoms with Gasteiger partial charge in [-0.3, -0.25) is 0 Å². The summed E-state index contributed by atoms with van der Waals surface area (Å²) in [7, 11) is 0. The maximum Gasteiger partial charge on any atom is 0.231 e. The Labute approximate surface area is 128 Å². The maximum atomic E-state index is 5.94. The van der Waals surface area contributed by atoms with Crippen molar-refractivity contribution in [1.29, 1.82) is 0 Å². The van der Waals surface area contributed by atoms with Gasteiger partial charge in [-0.2, -0.15) is 0 Å². The van der Waals surface area contributed by atoms with E-state index < -0.39 is 0 Å². The van der Waals surface area contributed by atoms with Crippen LogP contribution in [0, 0.1) is 0 Å². The third kappa shape index (κ3) is 2.46. The van der Waals surface area contributed by atoms with Gasteiger partial charge in [0.1, 0.15) is 0 Å². The molecule has 0 spiro atoms. The monoisotopic (exact) mass is 302 g/mol. The van der Waals surface area contributed by atoms with Gasteiger partial charge in [0.05, 0.1) is 0 Å². The highest BCUT2D eigenvalue weighted by Gasteiger charge is 2.27. The first-order valence-corrected chi connectivity index (χ1v) is 7.33. The molecule has 4 rings (SSSR count). The minimum absolute atomic E-state index is 0.250. The largest absolute Gasteiger partial charge is 0.454 e. The molecule has 2 atom stereocenters. The quantitative estimate of drug-likeness (QED) is 0.893. The molecule has 21 heavy (non-hydrogen) atoms. The summed E-state index contributed by atoms with van der Waals surface area (Å²) in [6.45, 7) is 0.308. The van der Waals surface area contributed by atoms with Gasteiger partial charge in [-0.1, -0.05) is 29.8 Å². The molecule has 2 unspecified atom stereocenters. The standard InChI is InChI=1S/C16H15ClN2O2/c17-12-4-1-10(2-5-12)13-8-14(19-18-13)11-3-6-15-16(7-11)21-9-20-15/h1-7,13-14,18-19H,8-9H2. The van der Waals surface area contributed by atoms with Gasteiger partial charge < -0.3 is 9.47 Å². The molecule has 2 aromatic carbocycles. The van der Waals surface area contributed by atoms with Crippen molar-refractivity contribution in [2.75, 3.05) is 6.79 Å². The van der Waals surface area contributed by atoms with Crippen LogP contribution in [0.5, 0.6) is 11.5 Å². The minimum atomic E-state index is 0.250. The predicted molar refractivity (Wildman–Crippen MR) is 80.4 cm³/mol. The fourth-order valence-corrected chi connectivity index (χ4v) is 2.94. The fraction of sp³-hybridized carbons (Fsp3) is 0.250. The molecule has 0 radical (unpaired) electrons. The summed E-state index contributed by atoms with van der Waals surface area (Å²) in [5.74, 6) is 1.64. The Hall–Kier alpha value is -1.75. The Morgan fingerprint density at radius 1 is 0.857 bits per heavy atom. The van der Waals surface area contributed by atoms with E-state index in [0.29, 0.717) is 6.79 Å². The van der Waals surface area contributed by atoms with Crippen LogP contribution in [0.25, 0.3) is 0 Å². The van der Waals surface area contributed by atoms with E-state index in [-0.39, 0.29) is 12.1 Å². The molecule has 1 fully saturated rings. The smallest absolute Gasteiger partial charge is 0.231 e. The number of halogens is 1. The lowest BCUT2D eigenvalue weighted by Crippen LogP contribution is -2.26. The molecule has 0 bridgehead atoms. The molecule has 4 nitrogen and oxygen atoms in total. The van der Waals surface area contributed by atoms with Crippen LogP contribution in [0.2, 0.25) is 5.02 Å². The first kappa shape index (κ1) is 13.0. The number of fused-ring (bicyclic) bond motifs is 1. The molecule has 2 N–H and O–H groups in total. The van der Waals surface area contributed by atoms with Crippen LogP contribution < -0.4 is 20.3 Å². The Balaban J connectivity index is 1.52. The van der Waals surface area contributed by atoms with Crippen molar-refractivity contribution in [1.82, 2.24) is 10.9 Å². The number of ether oxygens (including phenoxy) is 2. The second kappa shape index (κ2) is 5.22. The summed E-state index contributed by atoms with van der Waals surface area (Å²) in [6, 6.07) is 14.6. The molecule has 0 saturated carbocycles. The lowest BCUT2D eigenvalue weighted by molar-refractivity contribution is 0.174. The van der Waals surface area contributed by atoms with Crippen molar-refractivity contribution < 1.29 is 9.47 Å². The molecular weight excluding hydrogens is 288 g/mol. The van der Waals surface area contributed by atoms with Crippen molar-refractivity contribution in [3.8, 4) is 11.5 Å². The Bertz CT molecular complexity index is 660. The highest BCUT2D eigenvalue weighted by Crippen LogP contribution is 2.37. The normalized spacial score (nSPS) is 23.5. The van der Waals surface area contributed by atoms with Crippen LogP contribution >= 0.6 is 11.6 Å². The van der Waals surface area contributed by atoms with Gasteiger partial charge in [-0.15, -0.1) is 0 Å². The van der Waals surface area contributed by atoms with Gasteiger partial charge in [-0.05, 0) is 41.8 Å². The van der Waals surface area contributed by atoms with E-state index in [1.54, 1.807) is 0 Å². The zero-order valence-electron chi connectivity index (χ0n) is 11.3. The van der Waals surface area contributed by atoms with Gasteiger partial charge >= 0.3 is 0 Å². The molecule has 5 heteroatoms. The highest BCUT2D eigenvalue weighted by molar-refractivity contribution is 6.30. The van der Waals surface area contributed by atoms with Crippen molar-refractivity contribution in [3.05, 3.63) is 58.6 Å². The Morgan fingerprint density at radius 2 is 1.52 bits per heavy atom. The van der Waals surface area contributed by atoms with E-state index in [2.05, 4.69) is 29.1 Å². The average molecular weight is 303 g/mol. The van der Waals surface area contributed by atoms with Crippen LogP contribution in [0.3, 0.4) is 0 Å². The third-order valence-corrected chi connectivity index (χ3v) is 4.23. The summed E-state index contributed by atoms with van der Waals surface area (Å²) in [6.07, 6.45) is 0.973. The second-order valence-corrected chi connectivity index (χ2v) is 5.73. The number of hydrogen-bond acceptors (Lipinski definition) is 4. The first-order chi connectivity index (χ1) is 10.3. The number of benzene rings is 2. The predicted octanol–water partition coefficient (Wildman–Crippen LogP) is 3.35. The Morgan fingerprint density at radius 3 is 2.33 bits per heavy atom. The molecule has 2 heterocycles. The molecule has 0 aliphatic carbocycles. The summed E-state index contributed by atoms with van der Waals surface area (Å²) in [5, 5.41) is 0.761. The van der Waals surface area contributed by atoms with Crippen molar-refractivity contribution >= 4 is 11.6 Å². The SMILES string of the molecule is Clc1ccc(C2CC(c3ccc4c(c3)OCO4)NN2)cc1. The molecule has 2 aliphatic heterocycles. The van der Waals surface area contributed by atoms with Crippen molar-refractivity contribution in [3.63, 3.8) is 0 Å². The van der Waals surface area contributed by atoms with E-state index in [0.717, 1.165) is 22.9 Å². The van der Waals surface area contributed by atoms with Crippen LogP contribution in [0.4, 0.5) is 0 Å². The van der Waals surface area contributed by atoms with E-state index >= 15 is 0 Å². The van der Waals surface area contributed by atoms with Gasteiger partial charge in [0.2, 0.25) is 6.79 Å². The zero-order chi connectivity index (χ0) is 14.2. The van der Waals surface area contributed by atoms with E-state index in [9.17, 15) is 0 Å². The number of hydrogen-bond donors (Lipinski definition) is 2. The molecule has 0 aromatic heterocycles. The van der Waals surface area contributed by atoms with Gasteiger partial charge in [0.15, 0.2) is 11.5 Å². The fourth-order valence-electron chi connectivity index (χ4n) is 2.82. The molecular formula is C16H15ClN2O2. The van der Waals surface area contributed by atoms with Crippen LogP contribution in [0.15, 0.2) is 42.5 Å². The lowest BCUT2D eigenvalue weighted by atomic mass is 9.97. The maximum absolute atomic E-state index is 5.94. The zero-order valence-corrected chi connectivity index (χ0v) is 12.1. The van der Waals surface area contributed by atoms with Crippen molar-refractivity contribution in [2.24, 2.45) is 0 Å². The first-order valence-electron chi connectivity index (χ1n) is 6.96. The minimum Gasteiger partial charge on any atom is -0.454 e. The Kier molecular flexibility index (Phi) is 3.22. The number of rotatable bonds is 2. The molecule has 0 amide bonds. The van der Waals surface area contributed by atoms with Crippen LogP contribution in [-0.4, -0.2) is 6.79 Å². The summed E-state index contributed by atoms with van der Waals surface area (Å²) in [4.78, 5) is 0. The van der Waals surface area contributed by atoms with E-state index in [1.165, 1.54) is 11.1 Å². The molecule has 2 aliphatic rings. The van der Waals surface area contributed by atoms with Gasteiger partial charge in [0, 0.05) is 17.1 Å². The second-order valence-electron chi connectivity index (χ2n) is 5.29. The molecule has 108 valence electrons. The van der Waals surface area contributed by atoms with Gasteiger partial charge in [-0.25, -0.2) is 10.9 Å². The van der Waals surface area contributed by atoms with Gasteiger partial charge in [0.25, 0.3) is 0 Å².